The zero-order valence-electron chi connectivity index (χ0n) is 10.9. The molecule has 0 fully saturated rings. The number of hydrogen-bond acceptors (Lipinski definition) is 0. The van der Waals surface area contributed by atoms with Crippen molar-refractivity contribution in [1.29, 1.82) is 0 Å². The standard InChI is InChI=1S/C18H15Br/c1-3-18(2,16-11-7-8-12-17(16)19)14-13-15-9-5-4-6-10-15/h3-12H,1H2,2H3/t18-/m1/s1. The fourth-order valence-corrected chi connectivity index (χ4v) is 2.53. The molecule has 0 radical (unpaired) electrons. The van der Waals surface area contributed by atoms with Crippen molar-refractivity contribution in [3.8, 4) is 11.8 Å². The first-order valence-corrected chi connectivity index (χ1v) is 6.92. The van der Waals surface area contributed by atoms with Gasteiger partial charge in [-0.3, -0.25) is 0 Å². The van der Waals surface area contributed by atoms with Gasteiger partial charge in [-0.25, -0.2) is 0 Å². The van der Waals surface area contributed by atoms with Gasteiger partial charge in [-0.15, -0.1) is 6.58 Å². The summed E-state index contributed by atoms with van der Waals surface area (Å²) in [5.74, 6) is 6.54. The summed E-state index contributed by atoms with van der Waals surface area (Å²) in [6.45, 7) is 6.02. The lowest BCUT2D eigenvalue weighted by Crippen LogP contribution is -2.16. The van der Waals surface area contributed by atoms with E-state index < -0.39 is 0 Å². The third kappa shape index (κ3) is 3.16. The third-order valence-corrected chi connectivity index (χ3v) is 3.77. The minimum Gasteiger partial charge on any atom is -0.101 e. The minimum absolute atomic E-state index is 0.365. The molecular weight excluding hydrogens is 296 g/mol. The van der Waals surface area contributed by atoms with E-state index >= 15 is 0 Å². The molecule has 0 saturated carbocycles. The number of allylic oxidation sites excluding steroid dienone is 1. The molecule has 0 spiro atoms. The lowest BCUT2D eigenvalue weighted by Gasteiger charge is -2.21. The molecule has 0 aromatic heterocycles. The van der Waals surface area contributed by atoms with E-state index in [4.69, 9.17) is 0 Å². The summed E-state index contributed by atoms with van der Waals surface area (Å²) in [4.78, 5) is 0. The van der Waals surface area contributed by atoms with Crippen LogP contribution in [0.25, 0.3) is 0 Å². The Morgan fingerprint density at radius 1 is 1.05 bits per heavy atom. The number of rotatable bonds is 2. The van der Waals surface area contributed by atoms with Crippen molar-refractivity contribution >= 4 is 15.9 Å². The first kappa shape index (κ1) is 13.6. The molecule has 2 rings (SSSR count). The number of benzene rings is 2. The molecule has 0 N–H and O–H groups in total. The van der Waals surface area contributed by atoms with E-state index in [2.05, 4.69) is 47.3 Å². The number of hydrogen-bond donors (Lipinski definition) is 0. The summed E-state index contributed by atoms with van der Waals surface area (Å²) in [5.41, 5.74) is 1.78. The van der Waals surface area contributed by atoms with Crippen LogP contribution in [0.4, 0.5) is 0 Å². The van der Waals surface area contributed by atoms with Crippen LogP contribution in [-0.4, -0.2) is 0 Å². The fraction of sp³-hybridized carbons (Fsp3) is 0.111. The van der Waals surface area contributed by atoms with Crippen molar-refractivity contribution in [2.75, 3.05) is 0 Å². The van der Waals surface area contributed by atoms with Gasteiger partial charge in [0.25, 0.3) is 0 Å². The highest BCUT2D eigenvalue weighted by atomic mass is 79.9. The molecule has 0 aliphatic rings. The molecule has 0 aliphatic carbocycles. The SMILES string of the molecule is C=C[C@](C)(C#Cc1ccccc1)c1ccccc1Br. The summed E-state index contributed by atoms with van der Waals surface area (Å²) >= 11 is 3.58. The Morgan fingerprint density at radius 2 is 1.68 bits per heavy atom. The Labute approximate surface area is 123 Å². The maximum Gasteiger partial charge on any atom is 0.0726 e. The van der Waals surface area contributed by atoms with Gasteiger partial charge in [-0.1, -0.05) is 70.2 Å². The second-order valence-corrected chi connectivity index (χ2v) is 5.36. The Kier molecular flexibility index (Phi) is 4.24. The van der Waals surface area contributed by atoms with E-state index in [1.807, 2.05) is 54.6 Å². The quantitative estimate of drug-likeness (QED) is 0.544. The van der Waals surface area contributed by atoms with E-state index in [0.29, 0.717) is 0 Å². The average molecular weight is 311 g/mol. The summed E-state index contributed by atoms with van der Waals surface area (Å²) in [5, 5.41) is 0. The van der Waals surface area contributed by atoms with Gasteiger partial charge in [0.1, 0.15) is 0 Å². The van der Waals surface area contributed by atoms with Crippen LogP contribution in [-0.2, 0) is 5.41 Å². The van der Waals surface area contributed by atoms with E-state index in [-0.39, 0.29) is 5.41 Å². The molecule has 94 valence electrons. The summed E-state index contributed by atoms with van der Waals surface area (Å²) in [6, 6.07) is 18.1. The molecule has 2 aromatic carbocycles. The Bertz CT molecular complexity index is 631. The van der Waals surface area contributed by atoms with Crippen LogP contribution in [0.15, 0.2) is 71.7 Å². The van der Waals surface area contributed by atoms with Crippen LogP contribution in [0.2, 0.25) is 0 Å². The second kappa shape index (κ2) is 5.91. The molecule has 0 nitrogen and oxygen atoms in total. The van der Waals surface area contributed by atoms with Gasteiger partial charge in [-0.05, 0) is 30.7 Å². The van der Waals surface area contributed by atoms with E-state index in [1.54, 1.807) is 0 Å². The smallest absolute Gasteiger partial charge is 0.0726 e. The predicted octanol–water partition coefficient (Wildman–Crippen LogP) is 4.94. The molecule has 0 saturated heterocycles. The molecule has 2 aromatic rings. The topological polar surface area (TPSA) is 0 Å². The monoisotopic (exact) mass is 310 g/mol. The van der Waals surface area contributed by atoms with Gasteiger partial charge in [0.15, 0.2) is 0 Å². The molecule has 0 heterocycles. The highest BCUT2D eigenvalue weighted by Gasteiger charge is 2.22. The van der Waals surface area contributed by atoms with Gasteiger partial charge in [0.05, 0.1) is 5.41 Å². The molecule has 19 heavy (non-hydrogen) atoms. The first-order valence-electron chi connectivity index (χ1n) is 6.12. The minimum atomic E-state index is -0.365. The predicted molar refractivity (Wildman–Crippen MR) is 85.0 cm³/mol. The van der Waals surface area contributed by atoms with Crippen molar-refractivity contribution in [3.05, 3.63) is 82.9 Å². The maximum atomic E-state index is 3.94. The highest BCUT2D eigenvalue weighted by Crippen LogP contribution is 2.30. The van der Waals surface area contributed by atoms with Crippen molar-refractivity contribution < 1.29 is 0 Å². The Morgan fingerprint density at radius 3 is 2.32 bits per heavy atom. The molecule has 1 atom stereocenters. The second-order valence-electron chi connectivity index (χ2n) is 4.50. The maximum absolute atomic E-state index is 3.94. The Hall–Kier alpha value is -1.78. The van der Waals surface area contributed by atoms with Crippen molar-refractivity contribution in [2.24, 2.45) is 0 Å². The summed E-state index contributed by atoms with van der Waals surface area (Å²) < 4.78 is 1.06. The summed E-state index contributed by atoms with van der Waals surface area (Å²) in [6.07, 6.45) is 1.89. The van der Waals surface area contributed by atoms with Crippen molar-refractivity contribution in [2.45, 2.75) is 12.3 Å². The lowest BCUT2D eigenvalue weighted by molar-refractivity contribution is 0.786. The van der Waals surface area contributed by atoms with Crippen LogP contribution in [0.5, 0.6) is 0 Å². The zero-order valence-corrected chi connectivity index (χ0v) is 12.4. The fourth-order valence-electron chi connectivity index (χ4n) is 1.83. The van der Waals surface area contributed by atoms with E-state index in [1.165, 1.54) is 0 Å². The lowest BCUT2D eigenvalue weighted by atomic mass is 9.83. The van der Waals surface area contributed by atoms with Gasteiger partial charge in [0.2, 0.25) is 0 Å². The van der Waals surface area contributed by atoms with Gasteiger partial charge in [-0.2, -0.15) is 0 Å². The number of halogens is 1. The molecule has 0 unspecified atom stereocenters. The van der Waals surface area contributed by atoms with Gasteiger partial charge >= 0.3 is 0 Å². The Balaban J connectivity index is 2.43. The molecule has 0 aliphatic heterocycles. The molecule has 1 heteroatoms. The molecule has 0 amide bonds. The van der Waals surface area contributed by atoms with Crippen LogP contribution in [0.3, 0.4) is 0 Å². The third-order valence-electron chi connectivity index (χ3n) is 3.08. The van der Waals surface area contributed by atoms with Gasteiger partial charge < -0.3 is 0 Å². The molecule has 0 bridgehead atoms. The van der Waals surface area contributed by atoms with E-state index in [9.17, 15) is 0 Å². The normalized spacial score (nSPS) is 12.9. The average Bonchev–Trinajstić information content (AvgIpc) is 2.46. The highest BCUT2D eigenvalue weighted by molar-refractivity contribution is 9.10. The van der Waals surface area contributed by atoms with Gasteiger partial charge in [0, 0.05) is 10.0 Å². The molecular formula is C18H15Br. The first-order chi connectivity index (χ1) is 9.15. The van der Waals surface area contributed by atoms with Crippen molar-refractivity contribution in [3.63, 3.8) is 0 Å². The largest absolute Gasteiger partial charge is 0.101 e. The zero-order chi connectivity index (χ0) is 13.7. The van der Waals surface area contributed by atoms with Crippen LogP contribution < -0.4 is 0 Å². The van der Waals surface area contributed by atoms with E-state index in [0.717, 1.165) is 15.6 Å². The van der Waals surface area contributed by atoms with Crippen LogP contribution in [0.1, 0.15) is 18.1 Å². The summed E-state index contributed by atoms with van der Waals surface area (Å²) in [7, 11) is 0. The van der Waals surface area contributed by atoms with Crippen LogP contribution >= 0.6 is 15.9 Å². The van der Waals surface area contributed by atoms with Crippen LogP contribution in [0, 0.1) is 11.8 Å². The van der Waals surface area contributed by atoms with Crippen molar-refractivity contribution in [1.82, 2.24) is 0 Å².